The van der Waals surface area contributed by atoms with Gasteiger partial charge in [0.05, 0.1) is 0 Å². The number of fused-ring (bicyclic) bond motifs is 1. The molecule has 0 aromatic rings. The first kappa shape index (κ1) is 18.0. The van der Waals surface area contributed by atoms with Crippen molar-refractivity contribution in [2.45, 2.75) is 44.7 Å². The van der Waals surface area contributed by atoms with Crippen LogP contribution in [0, 0.1) is 0 Å². The second kappa shape index (κ2) is 8.20. The zero-order valence-electron chi connectivity index (χ0n) is 11.0. The number of amides is 1. The molecule has 0 bridgehead atoms. The van der Waals surface area contributed by atoms with Gasteiger partial charge < -0.3 is 10.6 Å². The lowest BCUT2D eigenvalue weighted by molar-refractivity contribution is -0.133. The van der Waals surface area contributed by atoms with Gasteiger partial charge in [-0.3, -0.25) is 9.69 Å². The van der Waals surface area contributed by atoms with E-state index < -0.39 is 0 Å². The molecule has 2 rings (SSSR count). The molecule has 0 saturated carbocycles. The number of hydrogen-bond donors (Lipinski definition) is 1. The molecule has 6 heteroatoms. The van der Waals surface area contributed by atoms with E-state index in [1.807, 2.05) is 11.8 Å². The summed E-state index contributed by atoms with van der Waals surface area (Å²) in [5.74, 6) is 0.295. The molecule has 1 amide bonds. The first-order valence-corrected chi connectivity index (χ1v) is 6.44. The Balaban J connectivity index is 0.00000144. The number of piperazine rings is 1. The van der Waals surface area contributed by atoms with Crippen LogP contribution in [0.25, 0.3) is 0 Å². The standard InChI is InChI=1S/C12H23N3O.2ClH/c1-10(13)4-5-12(16)15-8-7-14-6-2-3-11(14)9-15;;/h10-11H,2-9,13H2,1H3;2*1H. The smallest absolute Gasteiger partial charge is 0.222 e. The molecule has 18 heavy (non-hydrogen) atoms. The summed E-state index contributed by atoms with van der Waals surface area (Å²) in [6.07, 6.45) is 3.98. The maximum Gasteiger partial charge on any atom is 0.222 e. The van der Waals surface area contributed by atoms with E-state index >= 15 is 0 Å². The highest BCUT2D eigenvalue weighted by atomic mass is 35.5. The highest BCUT2D eigenvalue weighted by molar-refractivity contribution is 5.85. The van der Waals surface area contributed by atoms with Gasteiger partial charge >= 0.3 is 0 Å². The Kier molecular flexibility index (Phi) is 8.19. The number of rotatable bonds is 3. The van der Waals surface area contributed by atoms with Gasteiger partial charge in [0.1, 0.15) is 0 Å². The molecule has 2 aliphatic heterocycles. The van der Waals surface area contributed by atoms with E-state index in [4.69, 9.17) is 5.73 Å². The summed E-state index contributed by atoms with van der Waals surface area (Å²) >= 11 is 0. The molecule has 0 aliphatic carbocycles. The highest BCUT2D eigenvalue weighted by Gasteiger charge is 2.32. The molecule has 0 aromatic heterocycles. The Bertz CT molecular complexity index is 264. The Morgan fingerprint density at radius 3 is 2.72 bits per heavy atom. The van der Waals surface area contributed by atoms with E-state index in [1.54, 1.807) is 0 Å². The average molecular weight is 298 g/mol. The molecule has 0 radical (unpaired) electrons. The van der Waals surface area contributed by atoms with Crippen LogP contribution in [0.3, 0.4) is 0 Å². The Morgan fingerprint density at radius 1 is 1.33 bits per heavy atom. The normalized spacial score (nSPS) is 24.8. The Morgan fingerprint density at radius 2 is 2.06 bits per heavy atom. The third kappa shape index (κ3) is 4.57. The number of carbonyl (C=O) groups excluding carboxylic acids is 1. The van der Waals surface area contributed by atoms with E-state index in [2.05, 4.69) is 4.90 Å². The summed E-state index contributed by atoms with van der Waals surface area (Å²) in [7, 11) is 0. The molecule has 4 nitrogen and oxygen atoms in total. The second-order valence-corrected chi connectivity index (χ2v) is 5.19. The van der Waals surface area contributed by atoms with Crippen molar-refractivity contribution in [3.8, 4) is 0 Å². The van der Waals surface area contributed by atoms with Crippen LogP contribution in [0.2, 0.25) is 0 Å². The molecule has 2 fully saturated rings. The second-order valence-electron chi connectivity index (χ2n) is 5.19. The average Bonchev–Trinajstić information content (AvgIpc) is 2.72. The van der Waals surface area contributed by atoms with Gasteiger partial charge in [-0.2, -0.15) is 0 Å². The predicted molar refractivity (Wildman–Crippen MR) is 78.6 cm³/mol. The van der Waals surface area contributed by atoms with Crippen molar-refractivity contribution < 1.29 is 4.79 Å². The molecule has 108 valence electrons. The van der Waals surface area contributed by atoms with Crippen molar-refractivity contribution in [2.24, 2.45) is 5.73 Å². The monoisotopic (exact) mass is 297 g/mol. The van der Waals surface area contributed by atoms with Crippen LogP contribution >= 0.6 is 24.8 Å². The molecule has 0 aromatic carbocycles. The van der Waals surface area contributed by atoms with Gasteiger partial charge in [-0.15, -0.1) is 24.8 Å². The third-order valence-corrected chi connectivity index (χ3v) is 3.75. The number of halogens is 2. The summed E-state index contributed by atoms with van der Waals surface area (Å²) in [5.41, 5.74) is 5.68. The van der Waals surface area contributed by atoms with Crippen LogP contribution in [0.4, 0.5) is 0 Å². The lowest BCUT2D eigenvalue weighted by Gasteiger charge is -2.37. The van der Waals surface area contributed by atoms with Crippen LogP contribution in [0.15, 0.2) is 0 Å². The lowest BCUT2D eigenvalue weighted by Crippen LogP contribution is -2.52. The van der Waals surface area contributed by atoms with Crippen LogP contribution in [0.1, 0.15) is 32.6 Å². The summed E-state index contributed by atoms with van der Waals surface area (Å²) in [5, 5.41) is 0. The molecule has 2 heterocycles. The SMILES string of the molecule is CC(N)CCC(=O)N1CCN2CCCC2C1.Cl.Cl. The molecule has 2 N–H and O–H groups in total. The van der Waals surface area contributed by atoms with Crippen molar-refractivity contribution in [1.82, 2.24) is 9.80 Å². The Labute approximate surface area is 122 Å². The van der Waals surface area contributed by atoms with Crippen LogP contribution < -0.4 is 5.73 Å². The van der Waals surface area contributed by atoms with Crippen molar-refractivity contribution in [2.75, 3.05) is 26.2 Å². The third-order valence-electron chi connectivity index (χ3n) is 3.75. The first-order chi connectivity index (χ1) is 7.66. The fourth-order valence-corrected chi connectivity index (χ4v) is 2.73. The molecule has 2 unspecified atom stereocenters. The largest absolute Gasteiger partial charge is 0.340 e. The summed E-state index contributed by atoms with van der Waals surface area (Å²) in [6, 6.07) is 0.768. The van der Waals surface area contributed by atoms with E-state index in [9.17, 15) is 4.79 Å². The summed E-state index contributed by atoms with van der Waals surface area (Å²) in [4.78, 5) is 16.5. The molecule has 2 saturated heterocycles. The van der Waals surface area contributed by atoms with Crippen molar-refractivity contribution in [3.05, 3.63) is 0 Å². The quantitative estimate of drug-likeness (QED) is 0.853. The first-order valence-electron chi connectivity index (χ1n) is 6.44. The Hall–Kier alpha value is -0.0300. The van der Waals surface area contributed by atoms with Crippen molar-refractivity contribution in [1.29, 1.82) is 0 Å². The van der Waals surface area contributed by atoms with E-state index in [0.717, 1.165) is 26.1 Å². The van der Waals surface area contributed by atoms with E-state index in [-0.39, 0.29) is 30.9 Å². The molecule has 0 spiro atoms. The maximum absolute atomic E-state index is 11.9. The number of nitrogens with two attached hydrogens (primary N) is 1. The summed E-state index contributed by atoms with van der Waals surface area (Å²) in [6.45, 7) is 6.11. The predicted octanol–water partition coefficient (Wildman–Crippen LogP) is 1.26. The minimum Gasteiger partial charge on any atom is -0.340 e. The molecular weight excluding hydrogens is 273 g/mol. The van der Waals surface area contributed by atoms with Gasteiger partial charge in [0, 0.05) is 38.1 Å². The topological polar surface area (TPSA) is 49.6 Å². The minimum absolute atomic E-state index is 0. The number of carbonyl (C=O) groups is 1. The van der Waals surface area contributed by atoms with Crippen molar-refractivity contribution in [3.63, 3.8) is 0 Å². The van der Waals surface area contributed by atoms with E-state index in [1.165, 1.54) is 19.4 Å². The molecule has 2 aliphatic rings. The minimum atomic E-state index is 0. The van der Waals surface area contributed by atoms with Crippen LogP contribution in [-0.2, 0) is 4.79 Å². The summed E-state index contributed by atoms with van der Waals surface area (Å²) < 4.78 is 0. The number of hydrogen-bond acceptors (Lipinski definition) is 3. The van der Waals surface area contributed by atoms with Crippen molar-refractivity contribution >= 4 is 30.7 Å². The fourth-order valence-electron chi connectivity index (χ4n) is 2.73. The van der Waals surface area contributed by atoms with Gasteiger partial charge in [-0.25, -0.2) is 0 Å². The maximum atomic E-state index is 11.9. The zero-order chi connectivity index (χ0) is 11.5. The molecule has 2 atom stereocenters. The van der Waals surface area contributed by atoms with E-state index in [0.29, 0.717) is 18.4 Å². The molecular formula is C12H25Cl2N3O. The zero-order valence-corrected chi connectivity index (χ0v) is 12.6. The highest BCUT2D eigenvalue weighted by Crippen LogP contribution is 2.21. The van der Waals surface area contributed by atoms with Gasteiger partial charge in [-0.1, -0.05) is 0 Å². The van der Waals surface area contributed by atoms with Gasteiger partial charge in [0.15, 0.2) is 0 Å². The fraction of sp³-hybridized carbons (Fsp3) is 0.917. The lowest BCUT2D eigenvalue weighted by atomic mass is 10.1. The van der Waals surface area contributed by atoms with Gasteiger partial charge in [0.25, 0.3) is 0 Å². The van der Waals surface area contributed by atoms with Gasteiger partial charge in [-0.05, 0) is 32.7 Å². The van der Waals surface area contributed by atoms with Gasteiger partial charge in [0.2, 0.25) is 5.91 Å². The van der Waals surface area contributed by atoms with Crippen LogP contribution in [0.5, 0.6) is 0 Å². The number of nitrogens with zero attached hydrogens (tertiary/aromatic N) is 2. The van der Waals surface area contributed by atoms with Crippen LogP contribution in [-0.4, -0.2) is 54.0 Å².